The van der Waals surface area contributed by atoms with Crippen molar-refractivity contribution in [2.24, 2.45) is 5.16 Å². The monoisotopic (exact) mass is 603 g/mol. The van der Waals surface area contributed by atoms with Gasteiger partial charge in [-0.05, 0) is 13.0 Å². The topological polar surface area (TPSA) is 210 Å². The number of nitrogens with zero attached hydrogens (tertiary/aromatic N) is 5. The minimum absolute atomic E-state index is 0.0797. The highest BCUT2D eigenvalue weighted by Gasteiger charge is 2.53. The summed E-state index contributed by atoms with van der Waals surface area (Å²) in [5.74, 6) is -3.16. The van der Waals surface area contributed by atoms with Gasteiger partial charge in [0.25, 0.3) is 11.8 Å². The number of hydrogen-bond donors (Lipinski definition) is 4. The number of thioether (sulfide) groups is 1. The summed E-state index contributed by atoms with van der Waals surface area (Å²) >= 11 is 7.83. The molecule has 1 saturated heterocycles. The minimum Gasteiger partial charge on any atom is -0.543 e. The van der Waals surface area contributed by atoms with E-state index in [-0.39, 0.29) is 35.6 Å². The van der Waals surface area contributed by atoms with Gasteiger partial charge in [0.15, 0.2) is 18.9 Å². The average molecular weight is 604 g/mol. The molecule has 1 fully saturated rings. The summed E-state index contributed by atoms with van der Waals surface area (Å²) in [5.41, 5.74) is -0.274. The third kappa shape index (κ3) is 6.14. The number of halogens is 1. The molecule has 2 atom stereocenters. The first-order valence-electron chi connectivity index (χ1n) is 10.7. The third-order valence-corrected chi connectivity index (χ3v) is 7.95. The number of hydrogen-bond acceptors (Lipinski definition) is 11. The van der Waals surface area contributed by atoms with Crippen molar-refractivity contribution in [2.45, 2.75) is 24.9 Å². The van der Waals surface area contributed by atoms with E-state index in [1.807, 2.05) is 5.09 Å². The molecule has 38 heavy (non-hydrogen) atoms. The van der Waals surface area contributed by atoms with Crippen molar-refractivity contribution in [3.63, 3.8) is 0 Å². The SMILES string of the molecule is CCO/N=C(\C(=O)NC1C(=O)N2C(C(=O)[O-])=C(C[n+]3cccc(Cl)c3)CS[C@H]12)c1nsc(NP(=O)(O)O)n1. The van der Waals surface area contributed by atoms with Gasteiger partial charge in [0, 0.05) is 28.9 Å². The predicted octanol–water partition coefficient (Wildman–Crippen LogP) is -1.17. The first-order valence-corrected chi connectivity index (χ1v) is 14.5. The van der Waals surface area contributed by atoms with Gasteiger partial charge in [-0.2, -0.15) is 13.9 Å². The second kappa shape index (κ2) is 11.3. The van der Waals surface area contributed by atoms with E-state index in [9.17, 15) is 24.1 Å². The standard InChI is InChI=1S/C19H19ClN7O8PS2/c1-2-35-23-11(14-22-19(38-25-14)24-36(32,33)34)15(28)21-12-16(29)27-13(18(30)31)9(8-37-17(12)27)6-26-5-3-4-10(20)7-26/h3-5,7,12,17H,2,6,8H2,1H3,(H4-,21,22,24,25,28,30,31,32,33,34)/b23-11-/t12?,17-/m1/s1. The molecule has 4 N–H and O–H groups in total. The minimum atomic E-state index is -4.67. The highest BCUT2D eigenvalue weighted by Crippen LogP contribution is 2.40. The van der Waals surface area contributed by atoms with E-state index in [1.54, 1.807) is 36.0 Å². The molecule has 0 aromatic carbocycles. The molecule has 0 saturated carbocycles. The number of amides is 2. The lowest BCUT2D eigenvalue weighted by Gasteiger charge is -2.50. The Balaban J connectivity index is 1.52. The number of rotatable bonds is 10. The Morgan fingerprint density at radius 3 is 2.87 bits per heavy atom. The normalized spacial score (nSPS) is 19.5. The first kappa shape index (κ1) is 27.9. The van der Waals surface area contributed by atoms with E-state index < -0.39 is 42.7 Å². The van der Waals surface area contributed by atoms with Crippen LogP contribution in [0.4, 0.5) is 5.13 Å². The Bertz CT molecular complexity index is 1400. The van der Waals surface area contributed by atoms with E-state index >= 15 is 0 Å². The molecule has 2 aromatic heterocycles. The van der Waals surface area contributed by atoms with Gasteiger partial charge in [0.2, 0.25) is 16.7 Å². The molecule has 2 amide bonds. The molecule has 2 aliphatic heterocycles. The third-order valence-electron chi connectivity index (χ3n) is 5.10. The first-order chi connectivity index (χ1) is 18.0. The van der Waals surface area contributed by atoms with Gasteiger partial charge < -0.3 is 29.8 Å². The molecular weight excluding hydrogens is 585 g/mol. The van der Waals surface area contributed by atoms with Crippen LogP contribution in [0.15, 0.2) is 41.0 Å². The molecule has 0 radical (unpaired) electrons. The Morgan fingerprint density at radius 1 is 1.45 bits per heavy atom. The van der Waals surface area contributed by atoms with Crippen LogP contribution >= 0.6 is 42.6 Å². The lowest BCUT2D eigenvalue weighted by molar-refractivity contribution is -0.689. The molecule has 2 aromatic rings. The van der Waals surface area contributed by atoms with Gasteiger partial charge in [-0.3, -0.25) is 19.6 Å². The average Bonchev–Trinajstić information content (AvgIpc) is 3.28. The van der Waals surface area contributed by atoms with Crippen molar-refractivity contribution in [1.82, 2.24) is 19.6 Å². The van der Waals surface area contributed by atoms with Crippen molar-refractivity contribution in [1.29, 1.82) is 0 Å². The number of aromatic nitrogens is 3. The maximum absolute atomic E-state index is 13.0. The fourth-order valence-electron chi connectivity index (χ4n) is 3.61. The molecule has 202 valence electrons. The predicted molar refractivity (Wildman–Crippen MR) is 132 cm³/mol. The van der Waals surface area contributed by atoms with Crippen LogP contribution in [0.5, 0.6) is 0 Å². The fraction of sp³-hybridized carbons (Fsp3) is 0.316. The smallest absolute Gasteiger partial charge is 0.429 e. The maximum Gasteiger partial charge on any atom is 0.429 e. The Kier molecular flexibility index (Phi) is 8.34. The van der Waals surface area contributed by atoms with Gasteiger partial charge in [0.05, 0.1) is 11.7 Å². The van der Waals surface area contributed by atoms with Crippen LogP contribution in [-0.2, 0) is 30.3 Å². The molecule has 1 unspecified atom stereocenters. The second-order valence-electron chi connectivity index (χ2n) is 7.73. The number of carboxylic acid groups (broad SMARTS) is 1. The lowest BCUT2D eigenvalue weighted by Crippen LogP contribution is -2.71. The lowest BCUT2D eigenvalue weighted by atomic mass is 10.0. The summed E-state index contributed by atoms with van der Waals surface area (Å²) < 4.78 is 16.7. The Hall–Kier alpha value is -3.08. The van der Waals surface area contributed by atoms with Crippen LogP contribution in [0.1, 0.15) is 12.7 Å². The van der Waals surface area contributed by atoms with E-state index in [1.165, 1.54) is 11.8 Å². The fourth-order valence-corrected chi connectivity index (χ4v) is 6.39. The molecular formula is C19H19ClN7O8PS2. The zero-order chi connectivity index (χ0) is 27.6. The van der Waals surface area contributed by atoms with E-state index in [0.29, 0.717) is 22.1 Å². The summed E-state index contributed by atoms with van der Waals surface area (Å²) in [4.78, 5) is 65.9. The molecule has 19 heteroatoms. The quantitative estimate of drug-likeness (QED) is 0.0832. The number of aliphatic carboxylic acids is 1. The molecule has 15 nitrogen and oxygen atoms in total. The zero-order valence-corrected chi connectivity index (χ0v) is 22.6. The Labute approximate surface area is 227 Å². The molecule has 4 rings (SSSR count). The van der Waals surface area contributed by atoms with Gasteiger partial charge in [-0.25, -0.2) is 4.57 Å². The van der Waals surface area contributed by atoms with Crippen molar-refractivity contribution in [3.05, 3.63) is 46.6 Å². The van der Waals surface area contributed by atoms with Crippen LogP contribution in [-0.4, -0.2) is 71.3 Å². The number of nitrogens with one attached hydrogen (secondary N) is 2. The highest BCUT2D eigenvalue weighted by molar-refractivity contribution is 8.00. The number of β-lactam (4-membered cyclic amide) rings is 1. The van der Waals surface area contributed by atoms with Gasteiger partial charge in [-0.1, -0.05) is 16.8 Å². The second-order valence-corrected chi connectivity index (χ2v) is 11.3. The van der Waals surface area contributed by atoms with Crippen molar-refractivity contribution in [3.8, 4) is 0 Å². The van der Waals surface area contributed by atoms with Gasteiger partial charge in [0.1, 0.15) is 23.0 Å². The van der Waals surface area contributed by atoms with Gasteiger partial charge in [-0.15, -0.1) is 11.8 Å². The molecule has 4 heterocycles. The number of anilines is 1. The highest BCUT2D eigenvalue weighted by atomic mass is 35.5. The van der Waals surface area contributed by atoms with E-state index in [4.69, 9.17) is 26.2 Å². The van der Waals surface area contributed by atoms with Crippen LogP contribution in [0.25, 0.3) is 0 Å². The van der Waals surface area contributed by atoms with Crippen molar-refractivity contribution >= 4 is 71.3 Å². The maximum atomic E-state index is 13.0. The van der Waals surface area contributed by atoms with Crippen molar-refractivity contribution in [2.75, 3.05) is 17.4 Å². The summed E-state index contributed by atoms with van der Waals surface area (Å²) in [6, 6.07) is 2.27. The number of pyridine rings is 1. The summed E-state index contributed by atoms with van der Waals surface area (Å²) in [6.45, 7) is 1.85. The molecule has 0 bridgehead atoms. The summed E-state index contributed by atoms with van der Waals surface area (Å²) in [7, 11) is -4.67. The van der Waals surface area contributed by atoms with Crippen molar-refractivity contribution < 1.29 is 43.2 Å². The molecule has 2 aliphatic rings. The number of oxime groups is 1. The summed E-state index contributed by atoms with van der Waals surface area (Å²) in [5, 5.41) is 19.5. The van der Waals surface area contributed by atoms with Crippen LogP contribution in [0.2, 0.25) is 5.02 Å². The van der Waals surface area contributed by atoms with E-state index in [2.05, 4.69) is 19.8 Å². The Morgan fingerprint density at radius 2 is 2.21 bits per heavy atom. The number of carbonyl (C=O) groups is 3. The number of fused-ring (bicyclic) bond motifs is 1. The van der Waals surface area contributed by atoms with Crippen LogP contribution in [0, 0.1) is 0 Å². The van der Waals surface area contributed by atoms with E-state index in [0.717, 1.165) is 4.90 Å². The largest absolute Gasteiger partial charge is 0.543 e. The molecule has 0 aliphatic carbocycles. The van der Waals surface area contributed by atoms with Crippen LogP contribution in [0.3, 0.4) is 0 Å². The molecule has 0 spiro atoms. The zero-order valence-electron chi connectivity index (χ0n) is 19.3. The number of carboxylic acids is 1. The summed E-state index contributed by atoms with van der Waals surface area (Å²) in [6.07, 6.45) is 3.32. The van der Waals surface area contributed by atoms with Gasteiger partial charge >= 0.3 is 7.75 Å². The number of carbonyl (C=O) groups excluding carboxylic acids is 3. The van der Waals surface area contributed by atoms with Crippen LogP contribution < -0.4 is 20.1 Å².